The maximum absolute atomic E-state index is 11.9. The Hall–Kier alpha value is -1.95. The molecule has 1 fully saturated rings. The number of ether oxygens (including phenoxy) is 3. The predicted octanol–water partition coefficient (Wildman–Crippen LogP) is 2.85. The number of hydrogen-bond acceptors (Lipinski definition) is 5. The zero-order valence-corrected chi connectivity index (χ0v) is 12.9. The second-order valence-electron chi connectivity index (χ2n) is 5.92. The van der Waals surface area contributed by atoms with Crippen LogP contribution in [0.1, 0.15) is 20.8 Å². The zero-order chi connectivity index (χ0) is 15.5. The quantitative estimate of drug-likeness (QED) is 0.893. The van der Waals surface area contributed by atoms with Crippen molar-refractivity contribution in [1.82, 2.24) is 0 Å². The number of nitrogens with one attached hydrogen (secondary N) is 2. The monoisotopic (exact) mass is 294 g/mol. The normalized spacial score (nSPS) is 15.0. The molecule has 2 N–H and O–H groups in total. The first-order valence-electron chi connectivity index (χ1n) is 6.90. The van der Waals surface area contributed by atoms with Gasteiger partial charge in [0.25, 0.3) is 0 Å². The predicted molar refractivity (Wildman–Crippen MR) is 81.1 cm³/mol. The van der Waals surface area contributed by atoms with Crippen LogP contribution in [0.5, 0.6) is 5.75 Å². The van der Waals surface area contributed by atoms with Crippen molar-refractivity contribution in [3.8, 4) is 5.75 Å². The van der Waals surface area contributed by atoms with Crippen molar-refractivity contribution in [1.29, 1.82) is 0 Å². The Labute approximate surface area is 124 Å². The average molecular weight is 294 g/mol. The van der Waals surface area contributed by atoms with Crippen LogP contribution in [0, 0.1) is 0 Å². The molecule has 0 aromatic heterocycles. The van der Waals surface area contributed by atoms with Crippen molar-refractivity contribution >= 4 is 17.5 Å². The highest BCUT2D eigenvalue weighted by molar-refractivity contribution is 5.88. The van der Waals surface area contributed by atoms with Gasteiger partial charge in [-0.05, 0) is 39.0 Å². The minimum Gasteiger partial charge on any atom is -0.495 e. The molecular formula is C15H22N2O4. The van der Waals surface area contributed by atoms with E-state index in [1.807, 2.05) is 32.9 Å². The summed E-state index contributed by atoms with van der Waals surface area (Å²) in [5, 5.41) is 6.03. The van der Waals surface area contributed by atoms with Crippen LogP contribution in [0.3, 0.4) is 0 Å². The summed E-state index contributed by atoms with van der Waals surface area (Å²) in [5.74, 6) is 0.580. The molecule has 1 aliphatic heterocycles. The van der Waals surface area contributed by atoms with Gasteiger partial charge in [0.15, 0.2) is 0 Å². The van der Waals surface area contributed by atoms with E-state index in [0.29, 0.717) is 30.7 Å². The molecule has 0 spiro atoms. The highest BCUT2D eigenvalue weighted by Crippen LogP contribution is 2.29. The van der Waals surface area contributed by atoms with Crippen LogP contribution in [-0.4, -0.2) is 38.1 Å². The van der Waals surface area contributed by atoms with Gasteiger partial charge in [0.1, 0.15) is 11.4 Å². The summed E-state index contributed by atoms with van der Waals surface area (Å²) < 4.78 is 15.6. The Balaban J connectivity index is 2.07. The molecule has 2 rings (SSSR count). The van der Waals surface area contributed by atoms with Crippen molar-refractivity contribution in [3.05, 3.63) is 18.2 Å². The number of amides is 1. The molecule has 6 heteroatoms. The second kappa shape index (κ2) is 6.22. The maximum atomic E-state index is 11.9. The van der Waals surface area contributed by atoms with Gasteiger partial charge in [-0.3, -0.25) is 5.32 Å². The van der Waals surface area contributed by atoms with Crippen LogP contribution in [0.2, 0.25) is 0 Å². The van der Waals surface area contributed by atoms with E-state index in [1.165, 1.54) is 0 Å². The molecule has 0 radical (unpaired) electrons. The van der Waals surface area contributed by atoms with E-state index in [2.05, 4.69) is 10.6 Å². The van der Waals surface area contributed by atoms with Gasteiger partial charge in [-0.2, -0.15) is 0 Å². The summed E-state index contributed by atoms with van der Waals surface area (Å²) in [7, 11) is 1.56. The first-order chi connectivity index (χ1) is 9.87. The molecule has 21 heavy (non-hydrogen) atoms. The summed E-state index contributed by atoms with van der Waals surface area (Å²) in [4.78, 5) is 11.9. The summed E-state index contributed by atoms with van der Waals surface area (Å²) in [6, 6.07) is 5.83. The fraction of sp³-hybridized carbons (Fsp3) is 0.533. The second-order valence-corrected chi connectivity index (χ2v) is 5.92. The molecular weight excluding hydrogens is 272 g/mol. The largest absolute Gasteiger partial charge is 0.495 e. The average Bonchev–Trinajstić information content (AvgIpc) is 2.31. The van der Waals surface area contributed by atoms with Gasteiger partial charge in [-0.25, -0.2) is 4.79 Å². The molecule has 116 valence electrons. The molecule has 1 heterocycles. The molecule has 1 saturated heterocycles. The van der Waals surface area contributed by atoms with E-state index in [4.69, 9.17) is 14.2 Å². The third-order valence-corrected chi connectivity index (χ3v) is 2.84. The number of benzene rings is 1. The summed E-state index contributed by atoms with van der Waals surface area (Å²) in [6.45, 7) is 6.84. The van der Waals surface area contributed by atoms with Gasteiger partial charge in [-0.15, -0.1) is 0 Å². The van der Waals surface area contributed by atoms with E-state index >= 15 is 0 Å². The van der Waals surface area contributed by atoms with Gasteiger partial charge in [-0.1, -0.05) is 0 Å². The van der Waals surface area contributed by atoms with Crippen molar-refractivity contribution in [2.24, 2.45) is 0 Å². The zero-order valence-electron chi connectivity index (χ0n) is 12.9. The minimum atomic E-state index is -0.545. The number of anilines is 2. The number of hydrogen-bond donors (Lipinski definition) is 2. The van der Waals surface area contributed by atoms with E-state index in [1.54, 1.807) is 13.2 Å². The van der Waals surface area contributed by atoms with E-state index in [9.17, 15) is 4.79 Å². The molecule has 0 aliphatic carbocycles. The van der Waals surface area contributed by atoms with Crippen LogP contribution in [0.4, 0.5) is 16.2 Å². The lowest BCUT2D eigenvalue weighted by Crippen LogP contribution is -2.40. The van der Waals surface area contributed by atoms with Gasteiger partial charge in [0, 0.05) is 5.69 Å². The van der Waals surface area contributed by atoms with Crippen LogP contribution in [0.15, 0.2) is 18.2 Å². The van der Waals surface area contributed by atoms with Gasteiger partial charge < -0.3 is 19.5 Å². The first kappa shape index (κ1) is 15.4. The van der Waals surface area contributed by atoms with Crippen molar-refractivity contribution in [2.45, 2.75) is 32.4 Å². The topological polar surface area (TPSA) is 68.8 Å². The Morgan fingerprint density at radius 1 is 1.33 bits per heavy atom. The Morgan fingerprint density at radius 3 is 2.57 bits per heavy atom. The maximum Gasteiger partial charge on any atom is 0.412 e. The number of rotatable bonds is 4. The third-order valence-electron chi connectivity index (χ3n) is 2.84. The smallest absolute Gasteiger partial charge is 0.412 e. The molecule has 0 bridgehead atoms. The van der Waals surface area contributed by atoms with Crippen LogP contribution in [0.25, 0.3) is 0 Å². The van der Waals surface area contributed by atoms with Crippen molar-refractivity contribution in [3.63, 3.8) is 0 Å². The number of carbonyl (C=O) groups excluding carboxylic acids is 1. The summed E-state index contributed by atoms with van der Waals surface area (Å²) in [5.41, 5.74) is 0.920. The van der Waals surface area contributed by atoms with Crippen LogP contribution >= 0.6 is 0 Å². The highest BCUT2D eigenvalue weighted by Gasteiger charge is 2.20. The highest BCUT2D eigenvalue weighted by atomic mass is 16.6. The Morgan fingerprint density at radius 2 is 2.05 bits per heavy atom. The fourth-order valence-corrected chi connectivity index (χ4v) is 1.86. The molecule has 0 atom stereocenters. The first-order valence-corrected chi connectivity index (χ1v) is 6.90. The fourth-order valence-electron chi connectivity index (χ4n) is 1.86. The summed E-state index contributed by atoms with van der Waals surface area (Å²) in [6.07, 6.45) is -0.509. The van der Waals surface area contributed by atoms with Crippen molar-refractivity contribution in [2.75, 3.05) is 31.0 Å². The molecule has 0 unspecified atom stereocenters. The standard InChI is InChI=1S/C15H22N2O4/c1-15(2,3)21-14(18)17-12-7-10(5-6-13(12)19-4)16-11-8-20-9-11/h5-7,11,16H,8-9H2,1-4H3,(H,17,18). The van der Waals surface area contributed by atoms with E-state index in [0.717, 1.165) is 5.69 Å². The lowest BCUT2D eigenvalue weighted by molar-refractivity contribution is 0.0211. The molecule has 1 aromatic rings. The summed E-state index contributed by atoms with van der Waals surface area (Å²) >= 11 is 0. The Kier molecular flexibility index (Phi) is 4.57. The van der Waals surface area contributed by atoms with Crippen molar-refractivity contribution < 1.29 is 19.0 Å². The molecule has 1 aliphatic rings. The van der Waals surface area contributed by atoms with Gasteiger partial charge >= 0.3 is 6.09 Å². The molecule has 1 amide bonds. The number of carbonyl (C=O) groups is 1. The third kappa shape index (κ3) is 4.53. The van der Waals surface area contributed by atoms with E-state index in [-0.39, 0.29) is 0 Å². The number of methoxy groups -OCH3 is 1. The van der Waals surface area contributed by atoms with Crippen LogP contribution in [-0.2, 0) is 9.47 Å². The van der Waals surface area contributed by atoms with Crippen LogP contribution < -0.4 is 15.4 Å². The Bertz CT molecular complexity index is 507. The molecule has 6 nitrogen and oxygen atoms in total. The molecule has 1 aromatic carbocycles. The van der Waals surface area contributed by atoms with E-state index < -0.39 is 11.7 Å². The van der Waals surface area contributed by atoms with Gasteiger partial charge in [0.2, 0.25) is 0 Å². The molecule has 0 saturated carbocycles. The lowest BCUT2D eigenvalue weighted by Gasteiger charge is -2.28. The van der Waals surface area contributed by atoms with Gasteiger partial charge in [0.05, 0.1) is 32.1 Å². The lowest BCUT2D eigenvalue weighted by atomic mass is 10.2. The SMILES string of the molecule is COc1ccc(NC2COC2)cc1NC(=O)OC(C)(C)C. The minimum absolute atomic E-state index is 0.313.